The lowest BCUT2D eigenvalue weighted by molar-refractivity contribution is 0.585. The van der Waals surface area contributed by atoms with Crippen molar-refractivity contribution in [3.05, 3.63) is 35.9 Å². The molecule has 1 aromatic rings. The van der Waals surface area contributed by atoms with E-state index in [9.17, 15) is 0 Å². The molecule has 0 aliphatic carbocycles. The molecule has 1 aromatic carbocycles. The molecule has 0 aliphatic rings. The van der Waals surface area contributed by atoms with E-state index < -0.39 is 0 Å². The van der Waals surface area contributed by atoms with Gasteiger partial charge in [0.25, 0.3) is 0 Å². The highest BCUT2D eigenvalue weighted by Gasteiger charge is 2.00. The zero-order valence-electron chi connectivity index (χ0n) is 8.36. The zero-order valence-corrected chi connectivity index (χ0v) is 9.18. The molecule has 0 radical (unpaired) electrons. The average Bonchev–Trinajstić information content (AvgIpc) is 2.16. The summed E-state index contributed by atoms with van der Waals surface area (Å²) in [5.74, 6) is 2.57. The lowest BCUT2D eigenvalue weighted by atomic mass is 10.1. The van der Waals surface area contributed by atoms with Gasteiger partial charge in [0.1, 0.15) is 0 Å². The predicted molar refractivity (Wildman–Crippen MR) is 63.7 cm³/mol. The molecule has 0 spiro atoms. The smallest absolute Gasteiger partial charge is 0.0575 e. The van der Waals surface area contributed by atoms with Crippen LogP contribution in [0.5, 0.6) is 0 Å². The minimum atomic E-state index is 0. The Hall–Kier alpha value is -0.970. The van der Waals surface area contributed by atoms with Gasteiger partial charge in [0.15, 0.2) is 0 Å². The Kier molecular flexibility index (Phi) is 6.92. The molecule has 1 atom stereocenters. The number of terminal acetylenes is 1. The van der Waals surface area contributed by atoms with E-state index in [1.165, 1.54) is 5.56 Å². The molecule has 0 amide bonds. The van der Waals surface area contributed by atoms with Crippen LogP contribution in [0.1, 0.15) is 12.5 Å². The Morgan fingerprint density at radius 3 is 2.57 bits per heavy atom. The maximum absolute atomic E-state index is 5.16. The first kappa shape index (κ1) is 13.0. The first-order valence-corrected chi connectivity index (χ1v) is 4.53. The topological polar surface area (TPSA) is 12.0 Å². The van der Waals surface area contributed by atoms with Crippen LogP contribution in [0.4, 0.5) is 0 Å². The van der Waals surface area contributed by atoms with Crippen molar-refractivity contribution in [1.82, 2.24) is 5.32 Å². The SMILES string of the molecule is C#CCN[C@@H](C)Cc1ccccc1.Cl. The fourth-order valence-corrected chi connectivity index (χ4v) is 1.27. The lowest BCUT2D eigenvalue weighted by Crippen LogP contribution is -2.28. The highest BCUT2D eigenvalue weighted by molar-refractivity contribution is 5.85. The lowest BCUT2D eigenvalue weighted by Gasteiger charge is -2.11. The van der Waals surface area contributed by atoms with Crippen LogP contribution < -0.4 is 5.32 Å². The third-order valence-electron chi connectivity index (χ3n) is 1.94. The van der Waals surface area contributed by atoms with Gasteiger partial charge in [-0.15, -0.1) is 18.8 Å². The van der Waals surface area contributed by atoms with Crippen molar-refractivity contribution in [1.29, 1.82) is 0 Å². The van der Waals surface area contributed by atoms with Gasteiger partial charge in [-0.25, -0.2) is 0 Å². The number of halogens is 1. The van der Waals surface area contributed by atoms with Crippen molar-refractivity contribution in [3.63, 3.8) is 0 Å². The summed E-state index contributed by atoms with van der Waals surface area (Å²) in [6.07, 6.45) is 6.19. The Morgan fingerprint density at radius 1 is 1.36 bits per heavy atom. The molecule has 0 saturated heterocycles. The quantitative estimate of drug-likeness (QED) is 0.751. The average molecular weight is 210 g/mol. The highest BCUT2D eigenvalue weighted by Crippen LogP contribution is 2.01. The number of hydrogen-bond donors (Lipinski definition) is 1. The number of nitrogens with one attached hydrogen (secondary N) is 1. The highest BCUT2D eigenvalue weighted by atomic mass is 35.5. The monoisotopic (exact) mass is 209 g/mol. The van der Waals surface area contributed by atoms with Crippen molar-refractivity contribution >= 4 is 12.4 Å². The van der Waals surface area contributed by atoms with Crippen molar-refractivity contribution in [2.24, 2.45) is 0 Å². The number of rotatable bonds is 4. The molecule has 0 fully saturated rings. The molecule has 14 heavy (non-hydrogen) atoms. The van der Waals surface area contributed by atoms with Crippen LogP contribution in [-0.4, -0.2) is 12.6 Å². The van der Waals surface area contributed by atoms with E-state index in [1.807, 2.05) is 6.07 Å². The fraction of sp³-hybridized carbons (Fsp3) is 0.333. The molecule has 0 aromatic heterocycles. The van der Waals surface area contributed by atoms with Crippen LogP contribution in [0.15, 0.2) is 30.3 Å². The molecule has 0 aliphatic heterocycles. The number of benzene rings is 1. The van der Waals surface area contributed by atoms with Crippen LogP contribution in [-0.2, 0) is 6.42 Å². The van der Waals surface area contributed by atoms with Crippen LogP contribution in [0.3, 0.4) is 0 Å². The normalized spacial score (nSPS) is 11.1. The van der Waals surface area contributed by atoms with E-state index in [0.29, 0.717) is 12.6 Å². The van der Waals surface area contributed by atoms with Gasteiger partial charge in [-0.05, 0) is 18.9 Å². The number of hydrogen-bond acceptors (Lipinski definition) is 1. The summed E-state index contributed by atoms with van der Waals surface area (Å²) in [4.78, 5) is 0. The van der Waals surface area contributed by atoms with Crippen LogP contribution >= 0.6 is 12.4 Å². The van der Waals surface area contributed by atoms with Crippen molar-refractivity contribution in [2.75, 3.05) is 6.54 Å². The van der Waals surface area contributed by atoms with Crippen molar-refractivity contribution in [3.8, 4) is 12.3 Å². The van der Waals surface area contributed by atoms with Crippen LogP contribution in [0, 0.1) is 12.3 Å². The first-order chi connectivity index (χ1) is 6.33. The molecule has 76 valence electrons. The van der Waals surface area contributed by atoms with Gasteiger partial charge in [0.05, 0.1) is 6.54 Å². The van der Waals surface area contributed by atoms with E-state index >= 15 is 0 Å². The molecular weight excluding hydrogens is 194 g/mol. The zero-order chi connectivity index (χ0) is 9.52. The maximum atomic E-state index is 5.16. The molecule has 1 N–H and O–H groups in total. The second-order valence-electron chi connectivity index (χ2n) is 3.18. The molecule has 0 heterocycles. The summed E-state index contributed by atoms with van der Waals surface area (Å²) in [6.45, 7) is 2.79. The summed E-state index contributed by atoms with van der Waals surface area (Å²) in [5, 5.41) is 3.24. The van der Waals surface area contributed by atoms with Gasteiger partial charge in [-0.2, -0.15) is 0 Å². The minimum absolute atomic E-state index is 0. The Labute approximate surface area is 92.3 Å². The summed E-state index contributed by atoms with van der Waals surface area (Å²) in [7, 11) is 0. The fourth-order valence-electron chi connectivity index (χ4n) is 1.27. The standard InChI is InChI=1S/C12H15N.ClH/c1-3-9-13-11(2)10-12-7-5-4-6-8-12;/h1,4-8,11,13H,9-10H2,2H3;1H/t11-;/m0./s1. The Bertz CT molecular complexity index is 276. The van der Waals surface area contributed by atoms with E-state index in [-0.39, 0.29) is 12.4 Å². The molecule has 1 rings (SSSR count). The maximum Gasteiger partial charge on any atom is 0.0575 e. The summed E-state index contributed by atoms with van der Waals surface area (Å²) in [6, 6.07) is 10.9. The van der Waals surface area contributed by atoms with E-state index in [4.69, 9.17) is 6.42 Å². The third-order valence-corrected chi connectivity index (χ3v) is 1.94. The van der Waals surface area contributed by atoms with Gasteiger partial charge >= 0.3 is 0 Å². The summed E-state index contributed by atoms with van der Waals surface area (Å²) in [5.41, 5.74) is 1.35. The summed E-state index contributed by atoms with van der Waals surface area (Å²) < 4.78 is 0. The molecule has 0 bridgehead atoms. The summed E-state index contributed by atoms with van der Waals surface area (Å²) >= 11 is 0. The van der Waals surface area contributed by atoms with E-state index in [0.717, 1.165) is 6.42 Å². The second kappa shape index (κ2) is 7.44. The van der Waals surface area contributed by atoms with E-state index in [2.05, 4.69) is 42.4 Å². The molecule has 0 saturated carbocycles. The largest absolute Gasteiger partial charge is 0.303 e. The van der Waals surface area contributed by atoms with Crippen LogP contribution in [0.2, 0.25) is 0 Å². The second-order valence-corrected chi connectivity index (χ2v) is 3.18. The molecule has 2 heteroatoms. The van der Waals surface area contributed by atoms with Crippen LogP contribution in [0.25, 0.3) is 0 Å². The third kappa shape index (κ3) is 4.91. The van der Waals surface area contributed by atoms with Gasteiger partial charge in [0.2, 0.25) is 0 Å². The molecular formula is C12H16ClN. The van der Waals surface area contributed by atoms with Gasteiger partial charge in [-0.1, -0.05) is 36.3 Å². The Morgan fingerprint density at radius 2 is 2.00 bits per heavy atom. The minimum Gasteiger partial charge on any atom is -0.303 e. The molecule has 0 unspecified atom stereocenters. The predicted octanol–water partition coefficient (Wildman–Crippen LogP) is 2.26. The van der Waals surface area contributed by atoms with Gasteiger partial charge in [0, 0.05) is 6.04 Å². The van der Waals surface area contributed by atoms with Gasteiger partial charge < -0.3 is 5.32 Å². The van der Waals surface area contributed by atoms with Gasteiger partial charge in [-0.3, -0.25) is 0 Å². The Balaban J connectivity index is 0.00000169. The van der Waals surface area contributed by atoms with Crippen molar-refractivity contribution in [2.45, 2.75) is 19.4 Å². The van der Waals surface area contributed by atoms with E-state index in [1.54, 1.807) is 0 Å². The first-order valence-electron chi connectivity index (χ1n) is 4.53. The molecule has 1 nitrogen and oxygen atoms in total. The van der Waals surface area contributed by atoms with Crippen molar-refractivity contribution < 1.29 is 0 Å².